The molecule has 5 aliphatic rings. The van der Waals surface area contributed by atoms with Crippen molar-refractivity contribution in [1.29, 1.82) is 0 Å². The number of nitrogens with one attached hydrogen (secondary N) is 4. The number of carbonyl (C=O) groups excluding carboxylic acids is 5. The Morgan fingerprint density at radius 1 is 0.358 bits per heavy atom. The summed E-state index contributed by atoms with van der Waals surface area (Å²) in [7, 11) is 0. The smallest absolute Gasteiger partial charge is 0.163 e. The third kappa shape index (κ3) is 13.8. The number of benzene rings is 8. The topological polar surface area (TPSA) is 153 Å². The lowest BCUT2D eigenvalue weighted by molar-refractivity contribution is 0.0986. The van der Waals surface area contributed by atoms with E-state index in [1.165, 1.54) is 133 Å². The molecule has 0 fully saturated rings. The van der Waals surface area contributed by atoms with E-state index in [0.29, 0.717) is 47.6 Å². The Kier molecular flexibility index (Phi) is 21.5. The highest BCUT2D eigenvalue weighted by molar-refractivity contribution is 6.20. The van der Waals surface area contributed by atoms with Gasteiger partial charge in [-0.15, -0.1) is 0 Å². The average Bonchev–Trinajstić information content (AvgIpc) is 1.57. The van der Waals surface area contributed by atoms with E-state index in [1.807, 2.05) is 42.5 Å². The molecule has 0 aliphatic heterocycles. The largest absolute Gasteiger partial charge is 0.340 e. The first-order valence-corrected chi connectivity index (χ1v) is 39.1. The lowest BCUT2D eigenvalue weighted by atomic mass is 9.97. The fourth-order valence-corrected chi connectivity index (χ4v) is 17.7. The number of fused-ring (bicyclic) bond motifs is 22. The molecule has 12 aromatic rings. The summed E-state index contributed by atoms with van der Waals surface area (Å²) in [5.74, 6) is 0.820. The predicted molar refractivity (Wildman–Crippen MR) is 442 cm³/mol. The molecule has 5 aliphatic carbocycles. The third-order valence-corrected chi connectivity index (χ3v) is 23.0. The second kappa shape index (κ2) is 31.1. The van der Waals surface area contributed by atoms with Crippen LogP contribution in [0.15, 0.2) is 135 Å². The van der Waals surface area contributed by atoms with Crippen LogP contribution in [-0.4, -0.2) is 98.5 Å². The highest BCUT2D eigenvalue weighted by atomic mass is 16.1. The summed E-state index contributed by atoms with van der Waals surface area (Å²) in [6, 6.07) is 40.8. The van der Waals surface area contributed by atoms with Gasteiger partial charge in [0.15, 0.2) is 28.9 Å². The van der Waals surface area contributed by atoms with Crippen molar-refractivity contribution in [3.8, 4) is 0 Å². The molecule has 4 aromatic heterocycles. The Morgan fingerprint density at radius 3 is 1.06 bits per heavy atom. The van der Waals surface area contributed by atoms with E-state index in [1.54, 1.807) is 20.8 Å². The molecular weight excluding hydrogens is 1310 g/mol. The number of hydrogen-bond acceptors (Lipinski definition) is 9. The molecule has 17 rings (SSSR count). The monoisotopic (exact) mass is 1410 g/mol. The standard InChI is InChI=1S/2C24H26N2O.C24H28N2O.C21H24N2O2/c1-14(2)25-12-13-26-20-9-6-16-15(3)4-5-18(16)23(20)24-19-8-11-22(27)17(19)7-10-21(24)26;1-3-25-13-4-14-26-20-10-7-16-15(2)5-6-18(16)23(20)24-19-9-12-22(27)17(19)8-11-21(24)26;1-4-12-25-13-5-14-26-22-10-7-18(17(3)27)15-21(22)24-20-8-6-16(2)19(20)9-11-23(24)26;1-13(2)22-9-10-23-20-7-5-16(14(3)24)11-18(20)19-12-17(15(4)25)6-8-21(19)23/h6-7,9-10,14,25H,3-5,8,11-13H2,1-2H3;7-8,10-11,25H,2-6,9,12-14H2,1H3;7,9-11,15,25H,2,4-6,8,12-14H2,1,3H3;5-8,11-13,22H,9-10H2,1-4H3. The van der Waals surface area contributed by atoms with Crippen molar-refractivity contribution < 1.29 is 24.0 Å². The quantitative estimate of drug-likeness (QED) is 0.0384. The van der Waals surface area contributed by atoms with Gasteiger partial charge in [0.05, 0.1) is 0 Å². The van der Waals surface area contributed by atoms with Crippen molar-refractivity contribution in [1.82, 2.24) is 39.5 Å². The molecule has 0 saturated heterocycles. The summed E-state index contributed by atoms with van der Waals surface area (Å²) in [5, 5.41) is 23.9. The van der Waals surface area contributed by atoms with Crippen LogP contribution in [0.2, 0.25) is 0 Å². The van der Waals surface area contributed by atoms with Gasteiger partial charge in [-0.25, -0.2) is 0 Å². The van der Waals surface area contributed by atoms with Crippen LogP contribution in [0.3, 0.4) is 0 Å². The Hall–Kier alpha value is -9.63. The van der Waals surface area contributed by atoms with E-state index >= 15 is 0 Å². The summed E-state index contributed by atoms with van der Waals surface area (Å²) in [6.45, 7) is 40.3. The molecule has 4 N–H and O–H groups in total. The fraction of sp³-hybridized carbons (Fsp3) is 0.366. The third-order valence-electron chi connectivity index (χ3n) is 23.0. The zero-order chi connectivity index (χ0) is 74.4. The molecule has 0 amide bonds. The highest BCUT2D eigenvalue weighted by Crippen LogP contribution is 2.47. The van der Waals surface area contributed by atoms with Crippen molar-refractivity contribution in [2.75, 3.05) is 39.3 Å². The first-order chi connectivity index (χ1) is 51.3. The van der Waals surface area contributed by atoms with Gasteiger partial charge in [0.25, 0.3) is 0 Å². The summed E-state index contributed by atoms with van der Waals surface area (Å²) >= 11 is 0. The molecule has 13 nitrogen and oxygen atoms in total. The van der Waals surface area contributed by atoms with E-state index in [0.717, 1.165) is 168 Å². The Balaban J connectivity index is 0.000000119. The van der Waals surface area contributed by atoms with Gasteiger partial charge >= 0.3 is 0 Å². The van der Waals surface area contributed by atoms with Gasteiger partial charge in [0.2, 0.25) is 0 Å². The van der Waals surface area contributed by atoms with Crippen LogP contribution >= 0.6 is 0 Å². The van der Waals surface area contributed by atoms with E-state index < -0.39 is 0 Å². The van der Waals surface area contributed by atoms with E-state index in [2.05, 4.69) is 174 Å². The second-order valence-corrected chi connectivity index (χ2v) is 30.6. The number of nitrogens with zero attached hydrogens (tertiary/aromatic N) is 4. The maximum absolute atomic E-state index is 12.4. The number of Topliss-reactive ketones (excluding diaryl/α,β-unsaturated/α-hetero) is 5. The second-order valence-electron chi connectivity index (χ2n) is 30.6. The zero-order valence-corrected chi connectivity index (χ0v) is 63.8. The molecule has 106 heavy (non-hydrogen) atoms. The minimum absolute atomic E-state index is 0.0481. The fourth-order valence-electron chi connectivity index (χ4n) is 17.7. The predicted octanol–water partition coefficient (Wildman–Crippen LogP) is 19.3. The summed E-state index contributed by atoms with van der Waals surface area (Å²) in [5.41, 5.74) is 28.5. The van der Waals surface area contributed by atoms with Gasteiger partial charge in [-0.3, -0.25) is 24.0 Å². The van der Waals surface area contributed by atoms with Crippen molar-refractivity contribution in [2.45, 2.75) is 184 Å². The minimum atomic E-state index is 0.0481. The normalized spacial score (nSPS) is 14.3. The Bertz CT molecular complexity index is 5370. The molecule has 0 unspecified atom stereocenters. The van der Waals surface area contributed by atoms with E-state index in [4.69, 9.17) is 0 Å². The molecule has 13 heteroatoms. The molecule has 0 radical (unpaired) electrons. The van der Waals surface area contributed by atoms with Crippen LogP contribution in [0.5, 0.6) is 0 Å². The van der Waals surface area contributed by atoms with Crippen LogP contribution in [0.25, 0.3) is 104 Å². The number of rotatable bonds is 22. The molecular formula is C93H104N8O5. The van der Waals surface area contributed by atoms with E-state index in [9.17, 15) is 24.0 Å². The number of ketones is 5. The van der Waals surface area contributed by atoms with Crippen LogP contribution < -0.4 is 21.3 Å². The lowest BCUT2D eigenvalue weighted by Gasteiger charge is -2.11. The number of hydrogen-bond donors (Lipinski definition) is 4. The Morgan fingerprint density at radius 2 is 0.670 bits per heavy atom. The van der Waals surface area contributed by atoms with Gasteiger partial charge in [0.1, 0.15) is 0 Å². The van der Waals surface area contributed by atoms with Crippen LogP contribution in [0, 0.1) is 0 Å². The molecule has 0 saturated carbocycles. The van der Waals surface area contributed by atoms with Gasteiger partial charge in [-0.2, -0.15) is 0 Å². The molecule has 0 bridgehead atoms. The number of allylic oxidation sites excluding steroid dienone is 3. The van der Waals surface area contributed by atoms with Gasteiger partial charge in [0, 0.05) is 179 Å². The highest BCUT2D eigenvalue weighted by Gasteiger charge is 2.31. The van der Waals surface area contributed by atoms with Crippen molar-refractivity contribution in [2.24, 2.45) is 0 Å². The number of aromatic nitrogens is 4. The van der Waals surface area contributed by atoms with Crippen LogP contribution in [0.4, 0.5) is 0 Å². The molecule has 546 valence electrons. The van der Waals surface area contributed by atoms with Gasteiger partial charge in [-0.05, 0) is 276 Å². The van der Waals surface area contributed by atoms with E-state index in [-0.39, 0.29) is 17.3 Å². The van der Waals surface area contributed by atoms with Crippen molar-refractivity contribution in [3.05, 3.63) is 207 Å². The first-order valence-electron chi connectivity index (χ1n) is 39.1. The SMILES string of the molecule is C=C1CCc2c1ccc1c2c2c3c(ccc2n1CCCNCC)C(=O)CC3.C=C1CCc2c1ccc1c2c2c3c(ccc2n1CCNC(C)C)C(=O)CC3.C=C1CCc2c1ccc1c2c2cc(C(C)=O)ccc2n1CCCNCCC.CC(=O)c1ccc2c(c1)c1cc(C(C)=O)ccc1n2CCNC(C)C. The van der Waals surface area contributed by atoms with Gasteiger partial charge in [-0.1, -0.05) is 79.5 Å². The summed E-state index contributed by atoms with van der Waals surface area (Å²) in [6.07, 6.45) is 12.7. The Labute approximate surface area is 623 Å². The minimum Gasteiger partial charge on any atom is -0.340 e. The zero-order valence-electron chi connectivity index (χ0n) is 63.8. The number of aryl methyl sites for hydroxylation is 7. The first kappa shape index (κ1) is 73.3. The molecule has 4 heterocycles. The molecule has 0 spiro atoms. The lowest BCUT2D eigenvalue weighted by Crippen LogP contribution is -2.26. The summed E-state index contributed by atoms with van der Waals surface area (Å²) < 4.78 is 9.62. The van der Waals surface area contributed by atoms with Gasteiger partial charge < -0.3 is 39.5 Å². The van der Waals surface area contributed by atoms with Crippen LogP contribution in [-0.2, 0) is 58.3 Å². The van der Waals surface area contributed by atoms with Crippen molar-refractivity contribution in [3.63, 3.8) is 0 Å². The summed E-state index contributed by atoms with van der Waals surface area (Å²) in [4.78, 5) is 60.2. The molecule has 8 aromatic carbocycles. The number of carbonyl (C=O) groups is 5. The van der Waals surface area contributed by atoms with Crippen molar-refractivity contribution >= 4 is 133 Å². The average molecular weight is 1410 g/mol. The maximum Gasteiger partial charge on any atom is 0.163 e. The molecule has 0 atom stereocenters. The van der Waals surface area contributed by atoms with Crippen LogP contribution in [0.1, 0.15) is 210 Å². The maximum atomic E-state index is 12.4.